The molecule has 1 fully saturated rings. The lowest BCUT2D eigenvalue weighted by atomic mass is 10.1. The van der Waals surface area contributed by atoms with E-state index in [4.69, 9.17) is 4.74 Å². The monoisotopic (exact) mass is 451 g/mol. The lowest BCUT2D eigenvalue weighted by molar-refractivity contribution is -0.113. The number of rotatable bonds is 6. The zero-order valence-corrected chi connectivity index (χ0v) is 19.8. The van der Waals surface area contributed by atoms with Gasteiger partial charge in [-0.25, -0.2) is 0 Å². The molecule has 1 amide bonds. The van der Waals surface area contributed by atoms with Gasteiger partial charge in [-0.3, -0.25) is 9.36 Å². The Bertz CT molecular complexity index is 1120. The molecular weight excluding hydrogens is 422 g/mol. The third-order valence-electron chi connectivity index (χ3n) is 5.59. The van der Waals surface area contributed by atoms with E-state index in [-0.39, 0.29) is 11.7 Å². The Morgan fingerprint density at radius 2 is 1.81 bits per heavy atom. The number of morpholine rings is 1. The summed E-state index contributed by atoms with van der Waals surface area (Å²) in [6.07, 6.45) is 0. The molecule has 0 bridgehead atoms. The number of amides is 1. The van der Waals surface area contributed by atoms with E-state index in [0.717, 1.165) is 60.3 Å². The van der Waals surface area contributed by atoms with Crippen LogP contribution in [0.4, 0.5) is 11.4 Å². The lowest BCUT2D eigenvalue weighted by Gasteiger charge is -2.29. The molecule has 0 radical (unpaired) electrons. The Morgan fingerprint density at radius 1 is 1.03 bits per heavy atom. The zero-order chi connectivity index (χ0) is 22.7. The molecule has 7 nitrogen and oxygen atoms in total. The summed E-state index contributed by atoms with van der Waals surface area (Å²) in [5, 5.41) is 12.3. The molecule has 3 aromatic rings. The number of aryl methyl sites for hydroxylation is 4. The first kappa shape index (κ1) is 22.4. The van der Waals surface area contributed by atoms with Gasteiger partial charge in [0.15, 0.2) is 5.16 Å². The van der Waals surface area contributed by atoms with Gasteiger partial charge in [-0.15, -0.1) is 10.2 Å². The molecule has 0 saturated carbocycles. The first-order valence-corrected chi connectivity index (χ1v) is 11.8. The van der Waals surface area contributed by atoms with E-state index >= 15 is 0 Å². The molecule has 0 aliphatic carbocycles. The first-order valence-electron chi connectivity index (χ1n) is 10.8. The number of hydrogen-bond acceptors (Lipinski definition) is 6. The molecule has 1 N–H and O–H groups in total. The Balaban J connectivity index is 1.42. The van der Waals surface area contributed by atoms with E-state index in [1.54, 1.807) is 0 Å². The summed E-state index contributed by atoms with van der Waals surface area (Å²) in [6.45, 7) is 11.4. The lowest BCUT2D eigenvalue weighted by Crippen LogP contribution is -2.36. The number of carbonyl (C=O) groups is 1. The highest BCUT2D eigenvalue weighted by Gasteiger charge is 2.16. The van der Waals surface area contributed by atoms with Crippen molar-refractivity contribution >= 4 is 29.0 Å². The van der Waals surface area contributed by atoms with Crippen LogP contribution in [0.25, 0.3) is 5.69 Å². The van der Waals surface area contributed by atoms with Crippen molar-refractivity contribution < 1.29 is 9.53 Å². The number of thioether (sulfide) groups is 1. The van der Waals surface area contributed by atoms with E-state index < -0.39 is 0 Å². The highest BCUT2D eigenvalue weighted by Crippen LogP contribution is 2.26. The predicted octanol–water partition coefficient (Wildman–Crippen LogP) is 4.07. The molecule has 2 heterocycles. The van der Waals surface area contributed by atoms with Crippen LogP contribution in [0.2, 0.25) is 0 Å². The summed E-state index contributed by atoms with van der Waals surface area (Å²) < 4.78 is 7.45. The Morgan fingerprint density at radius 3 is 2.56 bits per heavy atom. The van der Waals surface area contributed by atoms with Gasteiger partial charge >= 0.3 is 0 Å². The minimum atomic E-state index is -0.0645. The summed E-state index contributed by atoms with van der Waals surface area (Å²) in [7, 11) is 0. The summed E-state index contributed by atoms with van der Waals surface area (Å²) >= 11 is 1.39. The third-order valence-corrected chi connectivity index (χ3v) is 6.52. The average molecular weight is 452 g/mol. The van der Waals surface area contributed by atoms with Crippen molar-refractivity contribution in [2.24, 2.45) is 0 Å². The highest BCUT2D eigenvalue weighted by molar-refractivity contribution is 7.99. The van der Waals surface area contributed by atoms with E-state index in [1.165, 1.54) is 17.3 Å². The minimum absolute atomic E-state index is 0.0645. The number of nitrogens with zero attached hydrogens (tertiary/aromatic N) is 4. The molecule has 1 aliphatic heterocycles. The average Bonchev–Trinajstić information content (AvgIpc) is 3.16. The van der Waals surface area contributed by atoms with Crippen molar-refractivity contribution in [1.82, 2.24) is 14.8 Å². The van der Waals surface area contributed by atoms with Gasteiger partial charge in [0.25, 0.3) is 0 Å². The third kappa shape index (κ3) is 4.97. The van der Waals surface area contributed by atoms with Crippen molar-refractivity contribution in [3.8, 4) is 5.69 Å². The van der Waals surface area contributed by atoms with Crippen LogP contribution < -0.4 is 10.2 Å². The smallest absolute Gasteiger partial charge is 0.234 e. The van der Waals surface area contributed by atoms with Gasteiger partial charge in [0.2, 0.25) is 5.91 Å². The number of nitrogens with one attached hydrogen (secondary N) is 1. The molecule has 4 rings (SSSR count). The molecule has 0 spiro atoms. The number of carbonyl (C=O) groups excluding carboxylic acids is 1. The first-order chi connectivity index (χ1) is 15.4. The second-order valence-corrected chi connectivity index (χ2v) is 9.03. The molecule has 1 aromatic heterocycles. The normalized spacial score (nSPS) is 13.9. The summed E-state index contributed by atoms with van der Waals surface area (Å²) in [6, 6.07) is 12.5. The predicted molar refractivity (Wildman–Crippen MR) is 129 cm³/mol. The fourth-order valence-electron chi connectivity index (χ4n) is 3.80. The molecule has 32 heavy (non-hydrogen) atoms. The van der Waals surface area contributed by atoms with E-state index in [9.17, 15) is 4.79 Å². The highest BCUT2D eigenvalue weighted by atomic mass is 32.2. The largest absolute Gasteiger partial charge is 0.378 e. The fourth-order valence-corrected chi connectivity index (χ4v) is 4.59. The van der Waals surface area contributed by atoms with Crippen LogP contribution in [0.3, 0.4) is 0 Å². The van der Waals surface area contributed by atoms with Gasteiger partial charge in [-0.1, -0.05) is 23.9 Å². The van der Waals surface area contributed by atoms with E-state index in [0.29, 0.717) is 5.16 Å². The van der Waals surface area contributed by atoms with Crippen molar-refractivity contribution in [3.05, 3.63) is 58.9 Å². The molecular formula is C24H29N5O2S. The maximum Gasteiger partial charge on any atom is 0.234 e. The Hall–Kier alpha value is -2.84. The van der Waals surface area contributed by atoms with Crippen LogP contribution in [-0.4, -0.2) is 52.7 Å². The van der Waals surface area contributed by atoms with Crippen LogP contribution in [-0.2, 0) is 9.53 Å². The Kier molecular flexibility index (Phi) is 6.81. The Labute approximate surface area is 193 Å². The van der Waals surface area contributed by atoms with Crippen LogP contribution in [0.15, 0.2) is 41.6 Å². The van der Waals surface area contributed by atoms with Crippen LogP contribution >= 0.6 is 11.8 Å². The van der Waals surface area contributed by atoms with Gasteiger partial charge in [-0.05, 0) is 68.7 Å². The number of ether oxygens (including phenoxy) is 1. The molecule has 168 valence electrons. The minimum Gasteiger partial charge on any atom is -0.378 e. The standard InChI is InChI=1S/C24H29N5O2S/c1-16-5-6-17(2)22(13-16)29-19(4)26-27-24(29)32-15-23(30)25-21-8-7-20(14-18(21)3)28-9-11-31-12-10-28/h5-8,13-14H,9-12,15H2,1-4H3,(H,25,30). The summed E-state index contributed by atoms with van der Waals surface area (Å²) in [5.74, 6) is 0.995. The topological polar surface area (TPSA) is 72.3 Å². The van der Waals surface area contributed by atoms with Gasteiger partial charge in [0.1, 0.15) is 5.82 Å². The number of benzene rings is 2. The van der Waals surface area contributed by atoms with Crippen molar-refractivity contribution in [3.63, 3.8) is 0 Å². The molecule has 0 atom stereocenters. The fraction of sp³-hybridized carbons (Fsp3) is 0.375. The van der Waals surface area contributed by atoms with Crippen molar-refractivity contribution in [1.29, 1.82) is 0 Å². The maximum absolute atomic E-state index is 12.7. The molecule has 1 aliphatic rings. The van der Waals surface area contributed by atoms with Gasteiger partial charge < -0.3 is 15.0 Å². The van der Waals surface area contributed by atoms with Crippen LogP contribution in [0.1, 0.15) is 22.5 Å². The number of aromatic nitrogens is 3. The van der Waals surface area contributed by atoms with Crippen LogP contribution in [0, 0.1) is 27.7 Å². The number of anilines is 2. The molecule has 1 saturated heterocycles. The number of hydrogen-bond donors (Lipinski definition) is 1. The SMILES string of the molecule is Cc1ccc(C)c(-n2c(C)nnc2SCC(=O)Nc2ccc(N3CCOCC3)cc2C)c1. The zero-order valence-electron chi connectivity index (χ0n) is 19.0. The van der Waals surface area contributed by atoms with Gasteiger partial charge in [0.05, 0.1) is 24.7 Å². The maximum atomic E-state index is 12.7. The van der Waals surface area contributed by atoms with Gasteiger partial charge in [-0.2, -0.15) is 0 Å². The molecule has 2 aromatic carbocycles. The second kappa shape index (κ2) is 9.75. The molecule has 0 unspecified atom stereocenters. The van der Waals surface area contributed by atoms with E-state index in [2.05, 4.69) is 64.6 Å². The van der Waals surface area contributed by atoms with Crippen LogP contribution in [0.5, 0.6) is 0 Å². The summed E-state index contributed by atoms with van der Waals surface area (Å²) in [4.78, 5) is 15.0. The van der Waals surface area contributed by atoms with E-state index in [1.807, 2.05) is 24.5 Å². The van der Waals surface area contributed by atoms with Crippen molar-refractivity contribution in [2.45, 2.75) is 32.9 Å². The van der Waals surface area contributed by atoms with Crippen molar-refractivity contribution in [2.75, 3.05) is 42.3 Å². The van der Waals surface area contributed by atoms with Gasteiger partial charge in [0, 0.05) is 24.5 Å². The quantitative estimate of drug-likeness (QED) is 0.570. The molecule has 8 heteroatoms. The summed E-state index contributed by atoms with van der Waals surface area (Å²) in [5.41, 5.74) is 6.39. The second-order valence-electron chi connectivity index (χ2n) is 8.09.